The Hall–Kier alpha value is -2.88. The standard InChI is InChI=1S/C26H36FNO4.C9H11FO.C2H6/c1-3-23(28(2)21-14-12-20(27)13-15-21)19-10-8-18(9-11-19)6-4-5-7-22-16-24(30)26(31)25(17-29)32-22;1-2-9(11)7-3-5-8(10)6-4-7;1-2/h8-15,22-26,29-31H,3-7,16-17H2,1-2H3;3-6,9,11H,2H2,1H3;1-2H3/t22?,23?,24?,25?,26-;;/m0../s1. The van der Waals surface area contributed by atoms with E-state index in [1.54, 1.807) is 12.1 Å². The largest absolute Gasteiger partial charge is 0.394 e. The van der Waals surface area contributed by atoms with E-state index in [2.05, 4.69) is 36.1 Å². The molecule has 6 atom stereocenters. The number of ether oxygens (including phenoxy) is 1. The van der Waals surface area contributed by atoms with Crippen molar-refractivity contribution in [2.75, 3.05) is 18.6 Å². The Bertz CT molecular complexity index is 1190. The molecule has 0 saturated carbocycles. The van der Waals surface area contributed by atoms with E-state index in [9.17, 15) is 29.2 Å². The number of anilines is 1. The van der Waals surface area contributed by atoms with Gasteiger partial charge in [-0.05, 0) is 85.2 Å². The Labute approximate surface area is 268 Å². The zero-order valence-corrected chi connectivity index (χ0v) is 27.4. The average molecular weight is 630 g/mol. The third-order valence-electron chi connectivity index (χ3n) is 8.16. The molecule has 4 rings (SSSR count). The summed E-state index contributed by atoms with van der Waals surface area (Å²) in [6, 6.07) is 21.4. The van der Waals surface area contributed by atoms with E-state index in [0.29, 0.717) is 12.8 Å². The predicted molar refractivity (Wildman–Crippen MR) is 177 cm³/mol. The van der Waals surface area contributed by atoms with Crippen molar-refractivity contribution < 1.29 is 33.9 Å². The molecule has 0 aromatic heterocycles. The molecule has 0 spiro atoms. The van der Waals surface area contributed by atoms with Gasteiger partial charge in [0.05, 0.1) is 31.0 Å². The van der Waals surface area contributed by atoms with Gasteiger partial charge in [-0.25, -0.2) is 8.78 Å². The summed E-state index contributed by atoms with van der Waals surface area (Å²) in [5, 5.41) is 38.3. The molecule has 3 aromatic rings. The number of rotatable bonds is 12. The number of benzene rings is 3. The fourth-order valence-corrected chi connectivity index (χ4v) is 5.49. The van der Waals surface area contributed by atoms with Crippen molar-refractivity contribution in [1.82, 2.24) is 0 Å². The minimum atomic E-state index is -1.01. The second-order valence-electron chi connectivity index (χ2n) is 11.2. The highest BCUT2D eigenvalue weighted by Crippen LogP contribution is 2.29. The molecule has 0 amide bonds. The van der Waals surface area contributed by atoms with Crippen molar-refractivity contribution in [3.8, 4) is 0 Å². The van der Waals surface area contributed by atoms with E-state index in [1.165, 1.54) is 35.4 Å². The fraction of sp³-hybridized carbons (Fsp3) is 0.514. The van der Waals surface area contributed by atoms with Gasteiger partial charge in [0.25, 0.3) is 0 Å². The van der Waals surface area contributed by atoms with Gasteiger partial charge in [-0.3, -0.25) is 0 Å². The van der Waals surface area contributed by atoms with Crippen molar-refractivity contribution in [2.45, 2.75) is 109 Å². The first kappa shape index (κ1) is 38.3. The van der Waals surface area contributed by atoms with E-state index in [0.717, 1.165) is 43.4 Å². The second-order valence-corrected chi connectivity index (χ2v) is 11.2. The van der Waals surface area contributed by atoms with E-state index >= 15 is 0 Å². The van der Waals surface area contributed by atoms with Crippen molar-refractivity contribution in [3.05, 3.63) is 101 Å². The van der Waals surface area contributed by atoms with Crippen LogP contribution >= 0.6 is 0 Å². The summed E-state index contributed by atoms with van der Waals surface area (Å²) in [7, 11) is 2.04. The lowest BCUT2D eigenvalue weighted by atomic mass is 9.94. The summed E-state index contributed by atoms with van der Waals surface area (Å²) in [6.45, 7) is 7.76. The Morgan fingerprint density at radius 1 is 0.822 bits per heavy atom. The third-order valence-corrected chi connectivity index (χ3v) is 8.16. The molecule has 45 heavy (non-hydrogen) atoms. The van der Waals surface area contributed by atoms with Crippen LogP contribution in [0.3, 0.4) is 0 Å². The molecule has 1 aliphatic heterocycles. The molecule has 1 heterocycles. The first-order valence-corrected chi connectivity index (χ1v) is 16.3. The number of aliphatic hydroxyl groups excluding tert-OH is 4. The quantitative estimate of drug-likeness (QED) is 0.157. The molecule has 3 aromatic carbocycles. The van der Waals surface area contributed by atoms with Gasteiger partial charge in [-0.2, -0.15) is 0 Å². The lowest BCUT2D eigenvalue weighted by Gasteiger charge is -2.36. The third kappa shape index (κ3) is 12.1. The van der Waals surface area contributed by atoms with Crippen molar-refractivity contribution in [2.24, 2.45) is 0 Å². The van der Waals surface area contributed by atoms with Gasteiger partial charge in [0.2, 0.25) is 0 Å². The molecule has 6 nitrogen and oxygen atoms in total. The molecule has 0 aliphatic carbocycles. The maximum absolute atomic E-state index is 13.2. The van der Waals surface area contributed by atoms with Crippen LogP contribution < -0.4 is 4.90 Å². The number of hydrogen-bond donors (Lipinski definition) is 4. The highest BCUT2D eigenvalue weighted by Gasteiger charge is 2.35. The molecule has 0 bridgehead atoms. The first-order chi connectivity index (χ1) is 21.7. The monoisotopic (exact) mass is 629 g/mol. The summed E-state index contributed by atoms with van der Waals surface area (Å²) in [4.78, 5) is 2.18. The first-order valence-electron chi connectivity index (χ1n) is 16.3. The number of halogens is 2. The van der Waals surface area contributed by atoms with E-state index in [-0.39, 0.29) is 30.4 Å². The number of aryl methyl sites for hydroxylation is 1. The zero-order chi connectivity index (χ0) is 33.4. The topological polar surface area (TPSA) is 93.4 Å². The Morgan fingerprint density at radius 2 is 1.38 bits per heavy atom. The van der Waals surface area contributed by atoms with Gasteiger partial charge in [0, 0.05) is 19.2 Å². The predicted octanol–water partition coefficient (Wildman–Crippen LogP) is 7.29. The lowest BCUT2D eigenvalue weighted by molar-refractivity contribution is -0.181. The molecule has 1 aliphatic rings. The van der Waals surface area contributed by atoms with Crippen LogP contribution in [0.15, 0.2) is 72.8 Å². The van der Waals surface area contributed by atoms with Gasteiger partial charge in [0.15, 0.2) is 0 Å². The van der Waals surface area contributed by atoms with Gasteiger partial charge >= 0.3 is 0 Å². The smallest absolute Gasteiger partial charge is 0.123 e. The summed E-state index contributed by atoms with van der Waals surface area (Å²) in [6.07, 6.45) is 2.62. The molecule has 8 heteroatoms. The van der Waals surface area contributed by atoms with Crippen LogP contribution in [0.1, 0.15) is 95.1 Å². The minimum absolute atomic E-state index is 0.125. The SMILES string of the molecule is CC.CCC(O)c1ccc(F)cc1.CCC(c1ccc(CCCCC2CC(O)[C@H](O)C(CO)O2)cc1)N(C)c1ccc(F)cc1. The number of nitrogens with zero attached hydrogens (tertiary/aromatic N) is 1. The summed E-state index contributed by atoms with van der Waals surface area (Å²) in [5.74, 6) is -0.492. The molecular weight excluding hydrogens is 576 g/mol. The van der Waals surface area contributed by atoms with Crippen LogP contribution in [0, 0.1) is 11.6 Å². The number of unbranched alkanes of at least 4 members (excludes halogenated alkanes) is 1. The zero-order valence-electron chi connectivity index (χ0n) is 27.4. The molecule has 0 radical (unpaired) electrons. The van der Waals surface area contributed by atoms with Crippen molar-refractivity contribution >= 4 is 5.69 Å². The van der Waals surface area contributed by atoms with Crippen LogP contribution in [0.5, 0.6) is 0 Å². The maximum Gasteiger partial charge on any atom is 0.123 e. The Morgan fingerprint density at radius 3 is 1.91 bits per heavy atom. The maximum atomic E-state index is 13.2. The van der Waals surface area contributed by atoms with Crippen LogP contribution in [0.25, 0.3) is 0 Å². The molecule has 250 valence electrons. The van der Waals surface area contributed by atoms with Crippen LogP contribution in [0.2, 0.25) is 0 Å². The minimum Gasteiger partial charge on any atom is -0.394 e. The van der Waals surface area contributed by atoms with Crippen LogP contribution in [-0.4, -0.2) is 58.5 Å². The van der Waals surface area contributed by atoms with E-state index < -0.39 is 24.4 Å². The normalized spacial score (nSPS) is 20.6. The number of aliphatic hydroxyl groups is 4. The second kappa shape index (κ2) is 20.3. The molecule has 1 saturated heterocycles. The van der Waals surface area contributed by atoms with Gasteiger partial charge in [-0.1, -0.05) is 70.5 Å². The molecule has 1 fully saturated rings. The number of hydrogen-bond acceptors (Lipinski definition) is 6. The summed E-state index contributed by atoms with van der Waals surface area (Å²) >= 11 is 0. The van der Waals surface area contributed by atoms with E-state index in [4.69, 9.17) is 4.74 Å². The van der Waals surface area contributed by atoms with Gasteiger partial charge in [-0.15, -0.1) is 0 Å². The van der Waals surface area contributed by atoms with Crippen molar-refractivity contribution in [3.63, 3.8) is 0 Å². The van der Waals surface area contributed by atoms with Crippen LogP contribution in [0.4, 0.5) is 14.5 Å². The highest BCUT2D eigenvalue weighted by molar-refractivity contribution is 5.48. The Balaban J connectivity index is 0.000000454. The fourth-order valence-electron chi connectivity index (χ4n) is 5.49. The van der Waals surface area contributed by atoms with Gasteiger partial charge < -0.3 is 30.1 Å². The van der Waals surface area contributed by atoms with Crippen molar-refractivity contribution in [1.29, 1.82) is 0 Å². The summed E-state index contributed by atoms with van der Waals surface area (Å²) < 4.78 is 31.3. The van der Waals surface area contributed by atoms with Crippen LogP contribution in [-0.2, 0) is 11.2 Å². The summed E-state index contributed by atoms with van der Waals surface area (Å²) in [5.41, 5.74) is 4.28. The highest BCUT2D eigenvalue weighted by atomic mass is 19.1. The average Bonchev–Trinajstić information content (AvgIpc) is 3.07. The van der Waals surface area contributed by atoms with E-state index in [1.807, 2.05) is 40.0 Å². The molecule has 4 N–H and O–H groups in total. The Kier molecular flexibility index (Phi) is 17.3. The van der Waals surface area contributed by atoms with Gasteiger partial charge in [0.1, 0.15) is 23.8 Å². The lowest BCUT2D eigenvalue weighted by Crippen LogP contribution is -2.49. The molecular formula is C37H53F2NO5. The molecule has 5 unspecified atom stereocenters.